The highest BCUT2D eigenvalue weighted by molar-refractivity contribution is 5.75. The predicted molar refractivity (Wildman–Crippen MR) is 49.0 cm³/mol. The van der Waals surface area contributed by atoms with E-state index in [0.717, 1.165) is 6.42 Å². The van der Waals surface area contributed by atoms with Crippen molar-refractivity contribution in [2.45, 2.75) is 46.2 Å². The molecule has 3 nitrogen and oxygen atoms in total. The van der Waals surface area contributed by atoms with Crippen LogP contribution in [0.25, 0.3) is 0 Å². The summed E-state index contributed by atoms with van der Waals surface area (Å²) in [7, 11) is 0. The molecule has 0 saturated carbocycles. The van der Waals surface area contributed by atoms with Crippen LogP contribution < -0.4 is 5.32 Å². The van der Waals surface area contributed by atoms with Crippen LogP contribution in [0, 0.1) is 0 Å². The minimum Gasteiger partial charge on any atom is -0.465 e. The van der Waals surface area contributed by atoms with E-state index in [1.54, 1.807) is 0 Å². The molecule has 0 aliphatic carbocycles. The van der Waals surface area contributed by atoms with E-state index in [2.05, 4.69) is 5.32 Å². The van der Waals surface area contributed by atoms with Gasteiger partial charge in [-0.05, 0) is 13.3 Å². The lowest BCUT2D eigenvalue weighted by atomic mass is 10.2. The van der Waals surface area contributed by atoms with Gasteiger partial charge in [-0.1, -0.05) is 20.8 Å². The largest absolute Gasteiger partial charge is 0.465 e. The topological polar surface area (TPSA) is 38.3 Å². The number of hydrogen-bond acceptors (Lipinski definition) is 3. The van der Waals surface area contributed by atoms with Gasteiger partial charge in [0.1, 0.15) is 6.04 Å². The number of carbonyl (C=O) groups excluding carboxylic acids is 1. The first-order chi connectivity index (χ1) is 5.61. The van der Waals surface area contributed by atoms with Crippen LogP contribution in [0.3, 0.4) is 0 Å². The Bertz CT molecular complexity index is 134. The lowest BCUT2D eigenvalue weighted by Crippen LogP contribution is -2.41. The van der Waals surface area contributed by atoms with E-state index in [-0.39, 0.29) is 12.0 Å². The van der Waals surface area contributed by atoms with Crippen molar-refractivity contribution < 1.29 is 9.53 Å². The zero-order chi connectivity index (χ0) is 9.56. The Hall–Kier alpha value is -0.570. The van der Waals surface area contributed by atoms with E-state index in [0.29, 0.717) is 12.6 Å². The predicted octanol–water partition coefficient (Wildman–Crippen LogP) is 1.33. The van der Waals surface area contributed by atoms with Gasteiger partial charge < -0.3 is 10.1 Å². The molecule has 0 aromatic heterocycles. The van der Waals surface area contributed by atoms with Gasteiger partial charge in [0.2, 0.25) is 0 Å². The van der Waals surface area contributed by atoms with E-state index in [9.17, 15) is 4.79 Å². The van der Waals surface area contributed by atoms with Gasteiger partial charge in [-0.2, -0.15) is 0 Å². The van der Waals surface area contributed by atoms with Crippen molar-refractivity contribution in [3.63, 3.8) is 0 Å². The minimum atomic E-state index is -0.148. The zero-order valence-corrected chi connectivity index (χ0v) is 8.39. The molecular formula is C9H19NO2. The Balaban J connectivity index is 3.87. The molecule has 3 heteroatoms. The lowest BCUT2D eigenvalue weighted by Gasteiger charge is -2.17. The average molecular weight is 173 g/mol. The normalized spacial score (nSPS) is 13.1. The van der Waals surface area contributed by atoms with Gasteiger partial charge in [-0.15, -0.1) is 0 Å². The monoisotopic (exact) mass is 173 g/mol. The number of carbonyl (C=O) groups is 1. The van der Waals surface area contributed by atoms with Crippen molar-refractivity contribution in [2.75, 3.05) is 6.61 Å². The van der Waals surface area contributed by atoms with E-state index >= 15 is 0 Å². The Kier molecular flexibility index (Phi) is 5.72. The summed E-state index contributed by atoms with van der Waals surface area (Å²) in [6.45, 7) is 8.27. The molecule has 12 heavy (non-hydrogen) atoms. The molecule has 0 fully saturated rings. The SMILES string of the molecule is CCOC(=O)C(CC)NC(C)C. The second kappa shape index (κ2) is 6.00. The van der Waals surface area contributed by atoms with Crippen molar-refractivity contribution in [3.05, 3.63) is 0 Å². The van der Waals surface area contributed by atoms with Gasteiger partial charge in [0, 0.05) is 6.04 Å². The molecule has 0 bridgehead atoms. The molecular weight excluding hydrogens is 154 g/mol. The van der Waals surface area contributed by atoms with Crippen molar-refractivity contribution in [1.29, 1.82) is 0 Å². The standard InChI is InChI=1S/C9H19NO2/c1-5-8(10-7(3)4)9(11)12-6-2/h7-8,10H,5-6H2,1-4H3. The van der Waals surface area contributed by atoms with Crippen LogP contribution in [-0.4, -0.2) is 24.7 Å². The molecule has 0 heterocycles. The molecule has 1 N–H and O–H groups in total. The third kappa shape index (κ3) is 4.34. The third-order valence-electron chi connectivity index (χ3n) is 1.51. The molecule has 0 spiro atoms. The number of rotatable bonds is 5. The fraction of sp³-hybridized carbons (Fsp3) is 0.889. The quantitative estimate of drug-likeness (QED) is 0.637. The van der Waals surface area contributed by atoms with E-state index in [1.807, 2.05) is 27.7 Å². The molecule has 0 rings (SSSR count). The van der Waals surface area contributed by atoms with Crippen LogP contribution in [0.15, 0.2) is 0 Å². The molecule has 0 saturated heterocycles. The second-order valence-corrected chi connectivity index (χ2v) is 3.03. The fourth-order valence-corrected chi connectivity index (χ4v) is 0.998. The molecule has 0 aliphatic rings. The maximum absolute atomic E-state index is 11.2. The van der Waals surface area contributed by atoms with Crippen molar-refractivity contribution in [3.8, 4) is 0 Å². The smallest absolute Gasteiger partial charge is 0.323 e. The highest BCUT2D eigenvalue weighted by Gasteiger charge is 2.17. The number of nitrogens with one attached hydrogen (secondary N) is 1. The lowest BCUT2D eigenvalue weighted by molar-refractivity contribution is -0.145. The van der Waals surface area contributed by atoms with Gasteiger partial charge in [0.15, 0.2) is 0 Å². The molecule has 1 unspecified atom stereocenters. The highest BCUT2D eigenvalue weighted by atomic mass is 16.5. The van der Waals surface area contributed by atoms with Crippen LogP contribution in [0.4, 0.5) is 0 Å². The molecule has 0 aromatic rings. The van der Waals surface area contributed by atoms with Crippen LogP contribution in [0.1, 0.15) is 34.1 Å². The van der Waals surface area contributed by atoms with Crippen molar-refractivity contribution >= 4 is 5.97 Å². The summed E-state index contributed by atoms with van der Waals surface area (Å²) in [5.74, 6) is -0.145. The summed E-state index contributed by atoms with van der Waals surface area (Å²) >= 11 is 0. The van der Waals surface area contributed by atoms with Gasteiger partial charge >= 0.3 is 5.97 Å². The van der Waals surface area contributed by atoms with Crippen LogP contribution >= 0.6 is 0 Å². The van der Waals surface area contributed by atoms with Crippen molar-refractivity contribution in [1.82, 2.24) is 5.32 Å². The first-order valence-corrected chi connectivity index (χ1v) is 4.54. The maximum atomic E-state index is 11.2. The summed E-state index contributed by atoms with van der Waals surface area (Å²) in [5, 5.41) is 3.14. The maximum Gasteiger partial charge on any atom is 0.323 e. The first kappa shape index (κ1) is 11.4. The number of hydrogen-bond donors (Lipinski definition) is 1. The third-order valence-corrected chi connectivity index (χ3v) is 1.51. The number of ether oxygens (including phenoxy) is 1. The molecule has 0 aromatic carbocycles. The Morgan fingerprint density at radius 3 is 2.33 bits per heavy atom. The summed E-state index contributed by atoms with van der Waals surface area (Å²) in [6.07, 6.45) is 0.775. The van der Waals surface area contributed by atoms with Gasteiger partial charge in [0.05, 0.1) is 6.61 Å². The average Bonchev–Trinajstić information content (AvgIpc) is 2.00. The first-order valence-electron chi connectivity index (χ1n) is 4.54. The highest BCUT2D eigenvalue weighted by Crippen LogP contribution is 1.96. The zero-order valence-electron chi connectivity index (χ0n) is 8.39. The summed E-state index contributed by atoms with van der Waals surface area (Å²) in [6, 6.07) is 0.171. The Labute approximate surface area is 74.5 Å². The van der Waals surface area contributed by atoms with E-state index in [4.69, 9.17) is 4.74 Å². The molecule has 0 amide bonds. The van der Waals surface area contributed by atoms with E-state index in [1.165, 1.54) is 0 Å². The van der Waals surface area contributed by atoms with Gasteiger partial charge in [-0.25, -0.2) is 0 Å². The van der Waals surface area contributed by atoms with Crippen LogP contribution in [0.2, 0.25) is 0 Å². The summed E-state index contributed by atoms with van der Waals surface area (Å²) < 4.78 is 4.89. The minimum absolute atomic E-state index is 0.145. The Morgan fingerprint density at radius 1 is 1.42 bits per heavy atom. The second-order valence-electron chi connectivity index (χ2n) is 3.03. The molecule has 72 valence electrons. The van der Waals surface area contributed by atoms with Gasteiger partial charge in [0.25, 0.3) is 0 Å². The summed E-state index contributed by atoms with van der Waals surface area (Å²) in [4.78, 5) is 11.2. The number of esters is 1. The van der Waals surface area contributed by atoms with Gasteiger partial charge in [-0.3, -0.25) is 4.79 Å². The molecule has 0 radical (unpaired) electrons. The van der Waals surface area contributed by atoms with E-state index < -0.39 is 0 Å². The molecule has 1 atom stereocenters. The molecule has 0 aliphatic heterocycles. The van der Waals surface area contributed by atoms with Crippen molar-refractivity contribution in [2.24, 2.45) is 0 Å². The summed E-state index contributed by atoms with van der Waals surface area (Å²) in [5.41, 5.74) is 0. The van der Waals surface area contributed by atoms with Crippen LogP contribution in [0.5, 0.6) is 0 Å². The fourth-order valence-electron chi connectivity index (χ4n) is 0.998. The Morgan fingerprint density at radius 2 is 2.00 bits per heavy atom. The van der Waals surface area contributed by atoms with Crippen LogP contribution in [-0.2, 0) is 9.53 Å².